The number of nitrogen functional groups attached to an aromatic ring is 1. The van der Waals surface area contributed by atoms with Crippen LogP contribution in [-0.2, 0) is 30.1 Å². The number of imidazole rings is 1. The number of nitrogens with zero attached hydrogens (tertiary/aromatic N) is 3. The molecule has 10 nitrogen and oxygen atoms in total. The number of hydrogen-bond donors (Lipinski definition) is 2. The van der Waals surface area contributed by atoms with E-state index in [9.17, 15) is 13.6 Å². The Morgan fingerprint density at radius 2 is 2.17 bits per heavy atom. The predicted octanol–water partition coefficient (Wildman–Crippen LogP) is 1.93. The van der Waals surface area contributed by atoms with Gasteiger partial charge in [-0.25, -0.2) is 13.8 Å². The summed E-state index contributed by atoms with van der Waals surface area (Å²) in [7, 11) is 0. The molecule has 4 atom stereocenters. The van der Waals surface area contributed by atoms with Gasteiger partial charge in [0.1, 0.15) is 0 Å². The zero-order valence-electron chi connectivity index (χ0n) is 15.4. The molecular formula is C14H16F4N5O5PS. The van der Waals surface area contributed by atoms with Crippen molar-refractivity contribution in [2.45, 2.75) is 50.2 Å². The van der Waals surface area contributed by atoms with Gasteiger partial charge in [-0.05, 0) is 25.7 Å². The van der Waals surface area contributed by atoms with Crippen LogP contribution in [0.5, 0.6) is 0 Å². The highest BCUT2D eigenvalue weighted by molar-refractivity contribution is 8.07. The lowest BCUT2D eigenvalue weighted by Crippen LogP contribution is -2.57. The maximum absolute atomic E-state index is 15.4. The highest BCUT2D eigenvalue weighted by atomic mass is 32.5. The Kier molecular flexibility index (Phi) is 4.99. The number of nitrogens with one attached hydrogen (secondary N) is 1. The summed E-state index contributed by atoms with van der Waals surface area (Å²) in [5.74, 6) is -4.42. The van der Waals surface area contributed by atoms with Crippen molar-refractivity contribution in [1.82, 2.24) is 19.5 Å². The quantitative estimate of drug-likeness (QED) is 0.506. The molecule has 2 aromatic rings. The lowest BCUT2D eigenvalue weighted by molar-refractivity contribution is -0.204. The van der Waals surface area contributed by atoms with E-state index in [4.69, 9.17) is 35.8 Å². The second-order valence-corrected chi connectivity index (χ2v) is 9.95. The molecule has 0 bridgehead atoms. The Labute approximate surface area is 170 Å². The number of H-pyrrole nitrogens is 1. The van der Waals surface area contributed by atoms with Gasteiger partial charge >= 0.3 is 12.6 Å². The van der Waals surface area contributed by atoms with Crippen LogP contribution < -0.4 is 11.3 Å². The van der Waals surface area contributed by atoms with Crippen molar-refractivity contribution in [1.29, 1.82) is 0 Å². The van der Waals surface area contributed by atoms with Crippen LogP contribution in [0.25, 0.3) is 11.2 Å². The molecule has 30 heavy (non-hydrogen) atoms. The van der Waals surface area contributed by atoms with E-state index in [1.54, 1.807) is 13.8 Å². The second-order valence-electron chi connectivity index (χ2n) is 7.04. The highest BCUT2D eigenvalue weighted by Gasteiger charge is 2.75. The van der Waals surface area contributed by atoms with Gasteiger partial charge in [-0.2, -0.15) is 13.8 Å². The lowest BCUT2D eigenvalue weighted by atomic mass is 9.96. The van der Waals surface area contributed by atoms with Crippen molar-refractivity contribution in [2.24, 2.45) is 0 Å². The molecule has 3 N–H and O–H groups in total. The molecule has 0 aromatic carbocycles. The number of fused-ring (bicyclic) bond motifs is 2. The Bertz CT molecular complexity index is 1100. The van der Waals surface area contributed by atoms with Gasteiger partial charge in [-0.1, -0.05) is 0 Å². The van der Waals surface area contributed by atoms with Gasteiger partial charge in [-0.3, -0.25) is 18.9 Å². The number of anilines is 1. The zero-order valence-corrected chi connectivity index (χ0v) is 17.1. The summed E-state index contributed by atoms with van der Waals surface area (Å²) in [6.45, 7) is -1.60. The highest BCUT2D eigenvalue weighted by Crippen LogP contribution is 2.64. The molecule has 0 saturated carbocycles. The fourth-order valence-corrected chi connectivity index (χ4v) is 5.87. The van der Waals surface area contributed by atoms with E-state index in [-0.39, 0.29) is 17.1 Å². The maximum atomic E-state index is 15.4. The summed E-state index contributed by atoms with van der Waals surface area (Å²) in [5, 5.41) is 0. The van der Waals surface area contributed by atoms with Gasteiger partial charge in [0.15, 0.2) is 22.9 Å². The predicted molar refractivity (Wildman–Crippen MR) is 97.7 cm³/mol. The van der Waals surface area contributed by atoms with Crippen LogP contribution in [0, 0.1) is 0 Å². The summed E-state index contributed by atoms with van der Waals surface area (Å²) in [6, 6.07) is 0. The number of aromatic nitrogens is 4. The minimum atomic E-state index is -4.04. The number of halogens is 4. The molecule has 2 aliphatic rings. The lowest BCUT2D eigenvalue weighted by Gasteiger charge is -2.41. The Balaban J connectivity index is 1.82. The molecular weight excluding hydrogens is 457 g/mol. The third-order valence-electron chi connectivity index (χ3n) is 4.55. The minimum absolute atomic E-state index is 0.324. The topological polar surface area (TPSA) is 127 Å². The fraction of sp³-hybridized carbons (Fsp3) is 0.643. The first-order chi connectivity index (χ1) is 13.9. The molecule has 2 saturated heterocycles. The molecule has 4 rings (SSSR count). The van der Waals surface area contributed by atoms with E-state index in [0.29, 0.717) is 4.57 Å². The van der Waals surface area contributed by atoms with E-state index in [0.717, 1.165) is 6.33 Å². The van der Waals surface area contributed by atoms with Crippen LogP contribution in [-0.4, -0.2) is 56.3 Å². The molecule has 2 aromatic heterocycles. The van der Waals surface area contributed by atoms with Crippen LogP contribution in [0.15, 0.2) is 11.1 Å². The maximum Gasteiger partial charge on any atom is 0.328 e. The third-order valence-corrected chi connectivity index (χ3v) is 6.98. The van der Waals surface area contributed by atoms with Gasteiger partial charge in [0.05, 0.1) is 19.0 Å². The van der Waals surface area contributed by atoms with Crippen LogP contribution in [0.4, 0.5) is 23.5 Å². The largest absolute Gasteiger partial charge is 0.369 e. The number of alkyl halides is 4. The number of aromatic amines is 1. The number of nitrogens with two attached hydrogens (primary N) is 1. The second kappa shape index (κ2) is 6.93. The summed E-state index contributed by atoms with van der Waals surface area (Å²) in [5.41, 5.74) is 1.14. The van der Waals surface area contributed by atoms with Gasteiger partial charge < -0.3 is 19.5 Å². The monoisotopic (exact) mass is 473 g/mol. The van der Waals surface area contributed by atoms with Crippen molar-refractivity contribution in [3.63, 3.8) is 0 Å². The number of hydrogen-bond acceptors (Lipinski definition) is 9. The molecule has 4 heterocycles. The molecule has 0 aliphatic carbocycles. The van der Waals surface area contributed by atoms with Gasteiger partial charge in [-0.15, -0.1) is 0 Å². The van der Waals surface area contributed by atoms with Crippen LogP contribution in [0.1, 0.15) is 20.1 Å². The van der Waals surface area contributed by atoms with Crippen molar-refractivity contribution < 1.29 is 35.9 Å². The van der Waals surface area contributed by atoms with Crippen LogP contribution in [0.2, 0.25) is 0 Å². The fourth-order valence-electron chi connectivity index (χ4n) is 3.31. The van der Waals surface area contributed by atoms with Crippen LogP contribution in [0.3, 0.4) is 0 Å². The normalized spacial score (nSPS) is 33.5. The van der Waals surface area contributed by atoms with Gasteiger partial charge in [0, 0.05) is 0 Å². The standard InChI is InChI=1S/C14H16F4N5O5PS/c1-5(2)27-29(30)25-3-13(10(15)16)9(28-29)14(17,18)11(26-13)23-4-20-6-7(23)21-12(19)22-8(6)24/h4-5,9-11H,3H2,1-2H3,(H3,19,21,22,24). The molecule has 2 fully saturated rings. The zero-order chi connectivity index (χ0) is 22.1. The molecule has 4 unspecified atom stereocenters. The number of rotatable bonds is 4. The molecule has 0 radical (unpaired) electrons. The van der Waals surface area contributed by atoms with Crippen molar-refractivity contribution in [3.05, 3.63) is 16.7 Å². The van der Waals surface area contributed by atoms with Gasteiger partial charge in [0.25, 0.3) is 12.0 Å². The Morgan fingerprint density at radius 1 is 1.47 bits per heavy atom. The molecule has 166 valence electrons. The van der Waals surface area contributed by atoms with E-state index < -0.39 is 55.3 Å². The van der Waals surface area contributed by atoms with E-state index in [1.807, 2.05) is 0 Å². The smallest absolute Gasteiger partial charge is 0.328 e. The molecule has 0 spiro atoms. The first kappa shape index (κ1) is 21.6. The summed E-state index contributed by atoms with van der Waals surface area (Å²) < 4.78 is 80.2. The third kappa shape index (κ3) is 3.15. The summed E-state index contributed by atoms with van der Waals surface area (Å²) in [6.07, 6.45) is -7.98. The van der Waals surface area contributed by atoms with Crippen molar-refractivity contribution >= 4 is 35.6 Å². The molecule has 2 aliphatic heterocycles. The summed E-state index contributed by atoms with van der Waals surface area (Å²) >= 11 is 5.06. The first-order valence-electron chi connectivity index (χ1n) is 8.57. The molecule has 0 amide bonds. The summed E-state index contributed by atoms with van der Waals surface area (Å²) in [4.78, 5) is 21.6. The van der Waals surface area contributed by atoms with E-state index in [2.05, 4.69) is 15.0 Å². The SMILES string of the molecule is CC(C)OP1(=S)OCC2(C(F)F)OC(n3cnc4c(=O)[nH]c(N)nc43)C(F)(F)C2O1. The van der Waals surface area contributed by atoms with Crippen molar-refractivity contribution in [2.75, 3.05) is 12.3 Å². The molecule has 16 heteroatoms. The average Bonchev–Trinajstić information content (AvgIpc) is 3.12. The first-order valence-corrected chi connectivity index (χ1v) is 11.1. The minimum Gasteiger partial charge on any atom is -0.369 e. The Hall–Kier alpha value is -1.64. The average molecular weight is 473 g/mol. The van der Waals surface area contributed by atoms with Gasteiger partial charge in [0.2, 0.25) is 12.2 Å². The van der Waals surface area contributed by atoms with E-state index in [1.165, 1.54) is 0 Å². The van der Waals surface area contributed by atoms with Crippen molar-refractivity contribution in [3.8, 4) is 0 Å². The number of ether oxygens (including phenoxy) is 1. The van der Waals surface area contributed by atoms with Crippen LogP contribution >= 0.6 is 6.72 Å². The Morgan fingerprint density at radius 3 is 2.80 bits per heavy atom. The van der Waals surface area contributed by atoms with E-state index >= 15 is 8.78 Å².